The molecule has 0 spiro atoms. The van der Waals surface area contributed by atoms with E-state index in [0.717, 1.165) is 29.7 Å². The molecule has 1 saturated heterocycles. The Bertz CT molecular complexity index is 1090. The Kier molecular flexibility index (Phi) is 4.95. The third-order valence-electron chi connectivity index (χ3n) is 6.18. The number of piperidine rings is 1. The number of aromatic nitrogens is 2. The van der Waals surface area contributed by atoms with Crippen molar-refractivity contribution in [3.05, 3.63) is 88.3 Å². The van der Waals surface area contributed by atoms with Gasteiger partial charge in [0.25, 0.3) is 11.5 Å². The van der Waals surface area contributed by atoms with E-state index in [2.05, 4.69) is 17.2 Å². The number of hydrogen-bond acceptors (Lipinski definition) is 3. The van der Waals surface area contributed by atoms with Crippen LogP contribution in [0, 0.1) is 0 Å². The molecule has 2 aromatic carbocycles. The molecule has 0 bridgehead atoms. The van der Waals surface area contributed by atoms with E-state index < -0.39 is 0 Å². The molecule has 1 amide bonds. The topological polar surface area (TPSA) is 55.2 Å². The van der Waals surface area contributed by atoms with Crippen molar-refractivity contribution in [2.45, 2.75) is 37.6 Å². The van der Waals surface area contributed by atoms with Gasteiger partial charge in [-0.2, -0.15) is 5.10 Å². The lowest BCUT2D eigenvalue weighted by Crippen LogP contribution is -2.41. The van der Waals surface area contributed by atoms with E-state index >= 15 is 0 Å². The Hall–Kier alpha value is -3.21. The molecule has 1 aromatic heterocycles. The van der Waals surface area contributed by atoms with Gasteiger partial charge >= 0.3 is 0 Å². The molecule has 5 heteroatoms. The first-order valence-electron chi connectivity index (χ1n) is 10.7. The van der Waals surface area contributed by atoms with Gasteiger partial charge < -0.3 is 4.90 Å². The van der Waals surface area contributed by atoms with Crippen molar-refractivity contribution in [1.29, 1.82) is 0 Å². The maximum atomic E-state index is 13.0. The average molecular weight is 399 g/mol. The second kappa shape index (κ2) is 7.90. The third-order valence-corrected chi connectivity index (χ3v) is 6.18. The first-order valence-corrected chi connectivity index (χ1v) is 10.7. The zero-order chi connectivity index (χ0) is 20.5. The number of nitrogens with zero attached hydrogens (tertiary/aromatic N) is 3. The predicted octanol–water partition coefficient (Wildman–Crippen LogP) is 4.27. The van der Waals surface area contributed by atoms with Crippen molar-refractivity contribution in [2.24, 2.45) is 0 Å². The molecular weight excluding hydrogens is 374 g/mol. The maximum absolute atomic E-state index is 13.0. The molecule has 0 radical (unpaired) electrons. The number of hydrogen-bond donors (Lipinski definition) is 0. The van der Waals surface area contributed by atoms with Crippen molar-refractivity contribution >= 4 is 5.91 Å². The molecule has 0 unspecified atom stereocenters. The molecule has 1 saturated carbocycles. The minimum Gasteiger partial charge on any atom is -0.338 e. The minimum absolute atomic E-state index is 0.0410. The van der Waals surface area contributed by atoms with Gasteiger partial charge in [-0.3, -0.25) is 9.59 Å². The lowest BCUT2D eigenvalue weighted by atomic mass is 10.0. The fourth-order valence-electron chi connectivity index (χ4n) is 4.23. The molecule has 1 aliphatic carbocycles. The average Bonchev–Trinajstić information content (AvgIpc) is 3.65. The van der Waals surface area contributed by atoms with Gasteiger partial charge in [0.05, 0.1) is 11.7 Å². The van der Waals surface area contributed by atoms with E-state index in [9.17, 15) is 9.59 Å². The zero-order valence-corrected chi connectivity index (χ0v) is 16.9. The molecule has 1 aliphatic heterocycles. The fraction of sp³-hybridized carbons (Fsp3) is 0.320. The van der Waals surface area contributed by atoms with Crippen molar-refractivity contribution in [3.63, 3.8) is 0 Å². The molecular formula is C25H25N3O2. The quantitative estimate of drug-likeness (QED) is 0.659. The van der Waals surface area contributed by atoms with E-state index in [-0.39, 0.29) is 17.5 Å². The van der Waals surface area contributed by atoms with Gasteiger partial charge in [-0.25, -0.2) is 4.68 Å². The summed E-state index contributed by atoms with van der Waals surface area (Å²) < 4.78 is 1.66. The standard InChI is InChI=1S/C25H25N3O2/c29-24-13-12-23(20-8-9-20)26-28(24)22-14-16-27(17-15-22)25(30)21-10-6-19(7-11-21)18-4-2-1-3-5-18/h1-7,10-13,20,22H,8-9,14-17H2. The van der Waals surface area contributed by atoms with Crippen LogP contribution in [-0.2, 0) is 0 Å². The molecule has 0 N–H and O–H groups in total. The monoisotopic (exact) mass is 399 g/mol. The molecule has 152 valence electrons. The Morgan fingerprint density at radius 3 is 2.13 bits per heavy atom. The molecule has 2 fully saturated rings. The van der Waals surface area contributed by atoms with E-state index in [1.165, 1.54) is 12.8 Å². The lowest BCUT2D eigenvalue weighted by molar-refractivity contribution is 0.0687. The highest BCUT2D eigenvalue weighted by Gasteiger charge is 2.29. The molecule has 0 atom stereocenters. The normalized spacial score (nSPS) is 17.1. The van der Waals surface area contributed by atoms with Gasteiger partial charge in [0.15, 0.2) is 0 Å². The van der Waals surface area contributed by atoms with Crippen LogP contribution in [0.25, 0.3) is 11.1 Å². The SMILES string of the molecule is O=C(c1ccc(-c2ccccc2)cc1)N1CCC(n2nc(C3CC3)ccc2=O)CC1. The van der Waals surface area contributed by atoms with Crippen LogP contribution in [0.5, 0.6) is 0 Å². The predicted molar refractivity (Wildman–Crippen MR) is 117 cm³/mol. The van der Waals surface area contributed by atoms with Gasteiger partial charge in [-0.05, 0) is 55.0 Å². The summed E-state index contributed by atoms with van der Waals surface area (Å²) >= 11 is 0. The summed E-state index contributed by atoms with van der Waals surface area (Å²) in [4.78, 5) is 27.2. The first-order chi connectivity index (χ1) is 14.7. The van der Waals surface area contributed by atoms with Crippen LogP contribution in [0.2, 0.25) is 0 Å². The molecule has 3 aromatic rings. The summed E-state index contributed by atoms with van der Waals surface area (Å²) in [5, 5.41) is 4.63. The lowest BCUT2D eigenvalue weighted by Gasteiger charge is -2.32. The fourth-order valence-corrected chi connectivity index (χ4v) is 4.23. The van der Waals surface area contributed by atoms with Gasteiger partial charge in [-0.15, -0.1) is 0 Å². The Balaban J connectivity index is 1.25. The van der Waals surface area contributed by atoms with E-state index in [1.54, 1.807) is 10.7 Å². The molecule has 2 aliphatic rings. The molecule has 30 heavy (non-hydrogen) atoms. The Morgan fingerprint density at radius 1 is 0.800 bits per heavy atom. The zero-order valence-electron chi connectivity index (χ0n) is 16.9. The van der Waals surface area contributed by atoms with Crippen LogP contribution in [0.15, 0.2) is 71.5 Å². The summed E-state index contributed by atoms with van der Waals surface area (Å²) in [6.45, 7) is 1.29. The third kappa shape index (κ3) is 3.80. The largest absolute Gasteiger partial charge is 0.338 e. The Labute approximate surface area is 176 Å². The van der Waals surface area contributed by atoms with Crippen LogP contribution in [0.1, 0.15) is 53.7 Å². The smallest absolute Gasteiger partial charge is 0.267 e. The number of benzene rings is 2. The molecule has 5 nitrogen and oxygen atoms in total. The highest BCUT2D eigenvalue weighted by molar-refractivity contribution is 5.94. The summed E-state index contributed by atoms with van der Waals surface area (Å²) in [6.07, 6.45) is 3.85. The molecule has 2 heterocycles. The number of amides is 1. The van der Waals surface area contributed by atoms with Crippen LogP contribution in [0.3, 0.4) is 0 Å². The van der Waals surface area contributed by atoms with Crippen molar-refractivity contribution in [1.82, 2.24) is 14.7 Å². The van der Waals surface area contributed by atoms with Gasteiger partial charge in [0.1, 0.15) is 0 Å². The first kappa shape index (κ1) is 18.8. The Morgan fingerprint density at radius 2 is 1.47 bits per heavy atom. The summed E-state index contributed by atoms with van der Waals surface area (Å²) in [5.74, 6) is 0.581. The van der Waals surface area contributed by atoms with Crippen LogP contribution in [0.4, 0.5) is 0 Å². The second-order valence-electron chi connectivity index (χ2n) is 8.28. The van der Waals surface area contributed by atoms with Crippen molar-refractivity contribution in [2.75, 3.05) is 13.1 Å². The summed E-state index contributed by atoms with van der Waals surface area (Å²) in [7, 11) is 0. The van der Waals surface area contributed by atoms with Crippen molar-refractivity contribution in [3.8, 4) is 11.1 Å². The number of carbonyl (C=O) groups excluding carboxylic acids is 1. The number of carbonyl (C=O) groups is 1. The highest BCUT2D eigenvalue weighted by atomic mass is 16.2. The van der Waals surface area contributed by atoms with Gasteiger partial charge in [0, 0.05) is 30.6 Å². The van der Waals surface area contributed by atoms with Gasteiger partial charge in [-0.1, -0.05) is 42.5 Å². The van der Waals surface area contributed by atoms with Crippen LogP contribution in [-0.4, -0.2) is 33.7 Å². The van der Waals surface area contributed by atoms with Crippen LogP contribution < -0.4 is 5.56 Å². The van der Waals surface area contributed by atoms with E-state index in [4.69, 9.17) is 0 Å². The van der Waals surface area contributed by atoms with E-state index in [1.807, 2.05) is 53.4 Å². The maximum Gasteiger partial charge on any atom is 0.267 e. The minimum atomic E-state index is -0.0410. The van der Waals surface area contributed by atoms with Gasteiger partial charge in [0.2, 0.25) is 0 Å². The number of rotatable bonds is 4. The summed E-state index contributed by atoms with van der Waals surface area (Å²) in [6, 6.07) is 21.6. The summed E-state index contributed by atoms with van der Waals surface area (Å²) in [5.41, 5.74) is 3.95. The second-order valence-corrected chi connectivity index (χ2v) is 8.28. The van der Waals surface area contributed by atoms with E-state index in [0.29, 0.717) is 24.6 Å². The highest BCUT2D eigenvalue weighted by Crippen LogP contribution is 2.38. The number of likely N-dealkylation sites (tertiary alicyclic amines) is 1. The van der Waals surface area contributed by atoms with Crippen LogP contribution >= 0.6 is 0 Å². The van der Waals surface area contributed by atoms with Crippen molar-refractivity contribution < 1.29 is 4.79 Å². The molecule has 5 rings (SSSR count).